The molecule has 0 fully saturated rings. The number of rotatable bonds is 15. The van der Waals surface area contributed by atoms with Crippen LogP contribution in [0.4, 0.5) is 0 Å². The first-order valence-electron chi connectivity index (χ1n) is 13.5. The van der Waals surface area contributed by atoms with E-state index in [2.05, 4.69) is 51.6 Å². The topological polar surface area (TPSA) is 40.5 Å². The highest BCUT2D eigenvalue weighted by Crippen LogP contribution is 2.44. The van der Waals surface area contributed by atoms with Gasteiger partial charge in [-0.2, -0.15) is 11.8 Å². The number of aryl methyl sites for hydroxylation is 4. The minimum absolute atomic E-state index is 0.0171. The molecule has 2 aromatic rings. The number of unbranched alkanes of at least 4 members (excludes halogenated alkanes) is 6. The number of phenols is 2. The fourth-order valence-corrected chi connectivity index (χ4v) is 6.41. The monoisotopic (exact) mass is 484 g/mol. The standard InChI is InChI=1S/C31H48O2S/c1-7-9-11-13-15-26(34-16-14-12-10-8-2)21-27(28-19-22(3)17-24(5)30(28)32)29-20-23(4)18-25(6)31(29)33/h17-20,26-27,32-33H,7-16,21H2,1-6H3. The second-order valence-corrected chi connectivity index (χ2v) is 11.6. The maximum atomic E-state index is 11.1. The summed E-state index contributed by atoms with van der Waals surface area (Å²) in [7, 11) is 0. The van der Waals surface area contributed by atoms with Crippen molar-refractivity contribution in [1.29, 1.82) is 0 Å². The van der Waals surface area contributed by atoms with E-state index in [-0.39, 0.29) is 5.92 Å². The molecule has 0 aromatic heterocycles. The smallest absolute Gasteiger partial charge is 0.122 e. The average Bonchev–Trinajstić information content (AvgIpc) is 2.79. The van der Waals surface area contributed by atoms with Crippen LogP contribution in [0.1, 0.15) is 117 Å². The molecule has 0 saturated heterocycles. The number of thioether (sulfide) groups is 1. The Labute approximate surface area is 213 Å². The molecule has 2 aromatic carbocycles. The molecule has 0 aliphatic carbocycles. The van der Waals surface area contributed by atoms with Crippen LogP contribution in [-0.2, 0) is 0 Å². The van der Waals surface area contributed by atoms with Gasteiger partial charge in [0.1, 0.15) is 11.5 Å². The van der Waals surface area contributed by atoms with Crippen molar-refractivity contribution in [2.75, 3.05) is 5.75 Å². The van der Waals surface area contributed by atoms with E-state index in [9.17, 15) is 10.2 Å². The average molecular weight is 485 g/mol. The van der Waals surface area contributed by atoms with Crippen LogP contribution in [0.5, 0.6) is 11.5 Å². The lowest BCUT2D eigenvalue weighted by molar-refractivity contribution is 0.444. The summed E-state index contributed by atoms with van der Waals surface area (Å²) in [6.45, 7) is 12.7. The number of phenolic OH excluding ortho intramolecular Hbond substituents is 2. The zero-order valence-electron chi connectivity index (χ0n) is 22.5. The normalized spacial score (nSPS) is 12.4. The second kappa shape index (κ2) is 14.7. The lowest BCUT2D eigenvalue weighted by atomic mass is 9.82. The Morgan fingerprint density at radius 3 is 1.68 bits per heavy atom. The number of hydrogen-bond donors (Lipinski definition) is 2. The molecule has 0 bridgehead atoms. The Bertz CT molecular complexity index is 832. The van der Waals surface area contributed by atoms with Crippen molar-refractivity contribution >= 4 is 11.8 Å². The molecule has 0 saturated carbocycles. The van der Waals surface area contributed by atoms with Gasteiger partial charge in [-0.1, -0.05) is 94.2 Å². The predicted octanol–water partition coefficient (Wildman–Crippen LogP) is 9.51. The molecule has 2 nitrogen and oxygen atoms in total. The van der Waals surface area contributed by atoms with Gasteiger partial charge < -0.3 is 10.2 Å². The fourth-order valence-electron chi connectivity index (χ4n) is 5.05. The second-order valence-electron chi connectivity index (χ2n) is 10.2. The minimum Gasteiger partial charge on any atom is -0.507 e. The molecule has 3 heteroatoms. The number of hydrogen-bond acceptors (Lipinski definition) is 3. The molecule has 0 radical (unpaired) electrons. The lowest BCUT2D eigenvalue weighted by Crippen LogP contribution is -2.14. The molecule has 0 aliphatic heterocycles. The fraction of sp³-hybridized carbons (Fsp3) is 0.613. The summed E-state index contributed by atoms with van der Waals surface area (Å²) in [6.07, 6.45) is 12.4. The largest absolute Gasteiger partial charge is 0.507 e. The van der Waals surface area contributed by atoms with Gasteiger partial charge >= 0.3 is 0 Å². The Kier molecular flexibility index (Phi) is 12.4. The predicted molar refractivity (Wildman–Crippen MR) is 151 cm³/mol. The highest BCUT2D eigenvalue weighted by atomic mass is 32.2. The first-order chi connectivity index (χ1) is 16.3. The van der Waals surface area contributed by atoms with Crippen LogP contribution >= 0.6 is 11.8 Å². The van der Waals surface area contributed by atoms with Crippen molar-refractivity contribution in [1.82, 2.24) is 0 Å². The van der Waals surface area contributed by atoms with Gasteiger partial charge in [0, 0.05) is 22.3 Å². The first kappa shape index (κ1) is 28.6. The van der Waals surface area contributed by atoms with E-state index in [0.29, 0.717) is 16.7 Å². The van der Waals surface area contributed by atoms with Crippen molar-refractivity contribution in [3.63, 3.8) is 0 Å². The zero-order valence-corrected chi connectivity index (χ0v) is 23.4. The zero-order chi connectivity index (χ0) is 25.1. The molecule has 2 rings (SSSR count). The van der Waals surface area contributed by atoms with Gasteiger partial charge in [-0.15, -0.1) is 0 Å². The molecule has 0 heterocycles. The van der Waals surface area contributed by atoms with Crippen LogP contribution in [0.25, 0.3) is 0 Å². The molecule has 0 aliphatic rings. The van der Waals surface area contributed by atoms with E-state index in [1.165, 1.54) is 63.5 Å². The van der Waals surface area contributed by atoms with E-state index in [4.69, 9.17) is 0 Å². The third-order valence-electron chi connectivity index (χ3n) is 6.93. The van der Waals surface area contributed by atoms with E-state index in [1.807, 2.05) is 26.0 Å². The third kappa shape index (κ3) is 8.56. The molecule has 2 N–H and O–H groups in total. The highest BCUT2D eigenvalue weighted by Gasteiger charge is 2.26. The van der Waals surface area contributed by atoms with Gasteiger partial charge in [-0.05, 0) is 63.8 Å². The van der Waals surface area contributed by atoms with Crippen molar-refractivity contribution in [2.24, 2.45) is 0 Å². The lowest BCUT2D eigenvalue weighted by Gasteiger charge is -2.27. The summed E-state index contributed by atoms with van der Waals surface area (Å²) in [5, 5.41) is 22.8. The Balaban J connectivity index is 2.40. The van der Waals surface area contributed by atoms with E-state index < -0.39 is 0 Å². The first-order valence-corrected chi connectivity index (χ1v) is 14.5. The van der Waals surface area contributed by atoms with Crippen LogP contribution in [0.2, 0.25) is 0 Å². The summed E-state index contributed by atoms with van der Waals surface area (Å²) < 4.78 is 0. The molecular formula is C31H48O2S. The third-order valence-corrected chi connectivity index (χ3v) is 8.35. The van der Waals surface area contributed by atoms with Crippen molar-refractivity contribution < 1.29 is 10.2 Å². The molecule has 34 heavy (non-hydrogen) atoms. The maximum absolute atomic E-state index is 11.1. The maximum Gasteiger partial charge on any atom is 0.122 e. The van der Waals surface area contributed by atoms with Gasteiger partial charge in [-0.3, -0.25) is 0 Å². The number of benzene rings is 2. The molecule has 1 unspecified atom stereocenters. The Morgan fingerprint density at radius 1 is 0.676 bits per heavy atom. The van der Waals surface area contributed by atoms with Crippen molar-refractivity contribution in [3.8, 4) is 11.5 Å². The van der Waals surface area contributed by atoms with Crippen LogP contribution in [0.15, 0.2) is 24.3 Å². The highest BCUT2D eigenvalue weighted by molar-refractivity contribution is 7.99. The summed E-state index contributed by atoms with van der Waals surface area (Å²) in [6, 6.07) is 8.35. The van der Waals surface area contributed by atoms with Gasteiger partial charge in [0.25, 0.3) is 0 Å². The summed E-state index contributed by atoms with van der Waals surface area (Å²) >= 11 is 2.11. The van der Waals surface area contributed by atoms with Gasteiger partial charge in [0.2, 0.25) is 0 Å². The van der Waals surface area contributed by atoms with E-state index in [1.54, 1.807) is 0 Å². The van der Waals surface area contributed by atoms with Crippen LogP contribution < -0.4 is 0 Å². The summed E-state index contributed by atoms with van der Waals surface area (Å²) in [4.78, 5) is 0. The quantitative estimate of drug-likeness (QED) is 0.247. The molecule has 0 amide bonds. The van der Waals surface area contributed by atoms with Crippen molar-refractivity contribution in [3.05, 3.63) is 57.6 Å². The molecule has 190 valence electrons. The Hall–Kier alpha value is -1.61. The number of aromatic hydroxyl groups is 2. The van der Waals surface area contributed by atoms with Crippen LogP contribution in [0, 0.1) is 27.7 Å². The molecular weight excluding hydrogens is 436 g/mol. The van der Waals surface area contributed by atoms with Gasteiger partial charge in [-0.25, -0.2) is 0 Å². The van der Waals surface area contributed by atoms with Gasteiger partial charge in [0.15, 0.2) is 0 Å². The van der Waals surface area contributed by atoms with Crippen LogP contribution in [0.3, 0.4) is 0 Å². The Morgan fingerprint density at radius 2 is 1.18 bits per heavy atom. The van der Waals surface area contributed by atoms with E-state index in [0.717, 1.165) is 39.8 Å². The van der Waals surface area contributed by atoms with E-state index >= 15 is 0 Å². The van der Waals surface area contributed by atoms with Crippen LogP contribution in [-0.4, -0.2) is 21.2 Å². The minimum atomic E-state index is -0.0171. The van der Waals surface area contributed by atoms with Gasteiger partial charge in [0.05, 0.1) is 0 Å². The molecule has 1 atom stereocenters. The van der Waals surface area contributed by atoms with Crippen molar-refractivity contribution in [2.45, 2.75) is 117 Å². The summed E-state index contributed by atoms with van der Waals surface area (Å²) in [5.74, 6) is 1.94. The molecule has 0 spiro atoms. The summed E-state index contributed by atoms with van der Waals surface area (Å²) in [5.41, 5.74) is 6.06. The SMILES string of the molecule is CCCCCCSC(CCCCCC)CC(c1cc(C)cc(C)c1O)c1cc(C)cc(C)c1O.